The average molecular weight is 363 g/mol. The molecule has 1 aromatic heterocycles. The molecule has 1 saturated heterocycles. The highest BCUT2D eigenvalue weighted by Crippen LogP contribution is 2.39. The van der Waals surface area contributed by atoms with Gasteiger partial charge in [0, 0.05) is 30.7 Å². The average Bonchev–Trinajstić information content (AvgIpc) is 3.13. The van der Waals surface area contributed by atoms with E-state index in [-0.39, 0.29) is 5.91 Å². The van der Waals surface area contributed by atoms with E-state index in [4.69, 9.17) is 9.15 Å². The van der Waals surface area contributed by atoms with Crippen molar-refractivity contribution in [1.29, 1.82) is 0 Å². The molecule has 2 aromatic carbocycles. The summed E-state index contributed by atoms with van der Waals surface area (Å²) in [6, 6.07) is 16.4. The lowest BCUT2D eigenvalue weighted by atomic mass is 9.73. The Morgan fingerprint density at radius 2 is 1.78 bits per heavy atom. The van der Waals surface area contributed by atoms with Crippen molar-refractivity contribution in [2.24, 2.45) is 5.41 Å². The van der Waals surface area contributed by atoms with Crippen LogP contribution in [-0.4, -0.2) is 25.7 Å². The van der Waals surface area contributed by atoms with E-state index in [1.165, 1.54) is 5.56 Å². The Kier molecular flexibility index (Phi) is 4.99. The molecule has 4 rings (SSSR count). The van der Waals surface area contributed by atoms with Crippen LogP contribution in [0.3, 0.4) is 0 Å². The minimum absolute atomic E-state index is 0.139. The van der Waals surface area contributed by atoms with E-state index in [1.54, 1.807) is 0 Å². The van der Waals surface area contributed by atoms with Crippen LogP contribution < -0.4 is 5.32 Å². The van der Waals surface area contributed by atoms with Crippen LogP contribution >= 0.6 is 0 Å². The molecule has 0 unspecified atom stereocenters. The van der Waals surface area contributed by atoms with Crippen LogP contribution in [0.4, 0.5) is 0 Å². The van der Waals surface area contributed by atoms with E-state index in [2.05, 4.69) is 23.5 Å². The van der Waals surface area contributed by atoms with Gasteiger partial charge in [-0.3, -0.25) is 4.79 Å². The van der Waals surface area contributed by atoms with Crippen LogP contribution in [0, 0.1) is 5.41 Å². The molecule has 0 saturated carbocycles. The quantitative estimate of drug-likeness (QED) is 0.722. The lowest BCUT2D eigenvalue weighted by Gasteiger charge is -2.36. The summed E-state index contributed by atoms with van der Waals surface area (Å²) < 4.78 is 11.3. The second-order valence-corrected chi connectivity index (χ2v) is 7.23. The van der Waals surface area contributed by atoms with Gasteiger partial charge in [0.1, 0.15) is 5.58 Å². The molecule has 1 aliphatic heterocycles. The van der Waals surface area contributed by atoms with Crippen molar-refractivity contribution in [3.8, 4) is 11.1 Å². The van der Waals surface area contributed by atoms with E-state index in [0.717, 1.165) is 34.9 Å². The van der Waals surface area contributed by atoms with Gasteiger partial charge in [-0.2, -0.15) is 0 Å². The number of fused-ring (bicyclic) bond motifs is 1. The standard InChI is InChI=1S/C23H25NO3/c1-2-24-22(25)23(11-13-26-14-12-23)15-17-7-3-4-8-18(17)20-16-27-21-10-6-5-9-19(20)21/h3-10,16H,2,11-15H2,1H3,(H,24,25). The molecular formula is C23H25NO3. The Bertz CT molecular complexity index is 937. The first-order valence-electron chi connectivity index (χ1n) is 9.64. The van der Waals surface area contributed by atoms with E-state index in [9.17, 15) is 4.79 Å². The second-order valence-electron chi connectivity index (χ2n) is 7.23. The fraction of sp³-hybridized carbons (Fsp3) is 0.348. The summed E-state index contributed by atoms with van der Waals surface area (Å²) in [7, 11) is 0. The SMILES string of the molecule is CCNC(=O)C1(Cc2ccccc2-c2coc3ccccc23)CCOCC1. The van der Waals surface area contributed by atoms with E-state index < -0.39 is 5.41 Å². The molecule has 1 amide bonds. The molecule has 0 spiro atoms. The Hall–Kier alpha value is -2.59. The third kappa shape index (κ3) is 3.37. The summed E-state index contributed by atoms with van der Waals surface area (Å²) in [5, 5.41) is 4.15. The van der Waals surface area contributed by atoms with E-state index in [0.29, 0.717) is 26.2 Å². The predicted molar refractivity (Wildman–Crippen MR) is 107 cm³/mol. The molecule has 0 bridgehead atoms. The molecule has 3 aromatic rings. The molecule has 1 aliphatic rings. The molecule has 27 heavy (non-hydrogen) atoms. The minimum atomic E-state index is -0.413. The Morgan fingerprint density at radius 1 is 1.04 bits per heavy atom. The predicted octanol–water partition coefficient (Wildman–Crippen LogP) is 4.58. The highest BCUT2D eigenvalue weighted by Gasteiger charge is 2.40. The van der Waals surface area contributed by atoms with Crippen molar-refractivity contribution in [3.05, 3.63) is 60.4 Å². The molecule has 1 fully saturated rings. The Labute approximate surface area is 159 Å². The van der Waals surface area contributed by atoms with Gasteiger partial charge in [0.05, 0.1) is 11.7 Å². The smallest absolute Gasteiger partial charge is 0.226 e. The third-order valence-corrected chi connectivity index (χ3v) is 5.59. The summed E-state index contributed by atoms with van der Waals surface area (Å²) in [6.45, 7) is 3.88. The fourth-order valence-electron chi connectivity index (χ4n) is 4.08. The summed E-state index contributed by atoms with van der Waals surface area (Å²) >= 11 is 0. The number of nitrogens with one attached hydrogen (secondary N) is 1. The molecular weight excluding hydrogens is 338 g/mol. The number of furan rings is 1. The molecule has 2 heterocycles. The van der Waals surface area contributed by atoms with Crippen LogP contribution in [0.15, 0.2) is 59.2 Å². The van der Waals surface area contributed by atoms with Gasteiger partial charge >= 0.3 is 0 Å². The number of para-hydroxylation sites is 1. The van der Waals surface area contributed by atoms with Crippen molar-refractivity contribution < 1.29 is 13.9 Å². The molecule has 1 N–H and O–H groups in total. The first kappa shape index (κ1) is 17.8. The van der Waals surface area contributed by atoms with Crippen molar-refractivity contribution in [2.45, 2.75) is 26.2 Å². The van der Waals surface area contributed by atoms with Gasteiger partial charge in [0.15, 0.2) is 0 Å². The summed E-state index contributed by atoms with van der Waals surface area (Å²) in [5.41, 5.74) is 3.87. The number of carbonyl (C=O) groups is 1. The van der Waals surface area contributed by atoms with Crippen LogP contribution in [0.25, 0.3) is 22.1 Å². The summed E-state index contributed by atoms with van der Waals surface area (Å²) in [4.78, 5) is 12.9. The first-order chi connectivity index (χ1) is 13.2. The normalized spacial score (nSPS) is 16.3. The van der Waals surface area contributed by atoms with Gasteiger partial charge < -0.3 is 14.5 Å². The first-order valence-corrected chi connectivity index (χ1v) is 9.64. The monoisotopic (exact) mass is 363 g/mol. The zero-order chi connectivity index (χ0) is 18.7. The number of hydrogen-bond donors (Lipinski definition) is 1. The van der Waals surface area contributed by atoms with E-state index >= 15 is 0 Å². The maximum Gasteiger partial charge on any atom is 0.226 e. The number of benzene rings is 2. The molecule has 0 radical (unpaired) electrons. The number of hydrogen-bond acceptors (Lipinski definition) is 3. The maximum atomic E-state index is 12.9. The van der Waals surface area contributed by atoms with Crippen LogP contribution in [0.2, 0.25) is 0 Å². The lowest BCUT2D eigenvalue weighted by molar-refractivity contribution is -0.136. The topological polar surface area (TPSA) is 51.5 Å². The number of carbonyl (C=O) groups excluding carboxylic acids is 1. The van der Waals surface area contributed by atoms with Gasteiger partial charge in [-0.15, -0.1) is 0 Å². The number of amides is 1. The molecule has 0 atom stereocenters. The molecule has 140 valence electrons. The minimum Gasteiger partial charge on any atom is -0.464 e. The zero-order valence-corrected chi connectivity index (χ0v) is 15.7. The van der Waals surface area contributed by atoms with Crippen LogP contribution in [-0.2, 0) is 16.0 Å². The number of ether oxygens (including phenoxy) is 1. The third-order valence-electron chi connectivity index (χ3n) is 5.59. The van der Waals surface area contributed by atoms with Gasteiger partial charge in [-0.1, -0.05) is 42.5 Å². The highest BCUT2D eigenvalue weighted by molar-refractivity contribution is 5.95. The van der Waals surface area contributed by atoms with Crippen molar-refractivity contribution in [3.63, 3.8) is 0 Å². The lowest BCUT2D eigenvalue weighted by Crippen LogP contribution is -2.46. The molecule has 0 aliphatic carbocycles. The van der Waals surface area contributed by atoms with Gasteiger partial charge in [-0.25, -0.2) is 0 Å². The number of rotatable bonds is 5. The second kappa shape index (κ2) is 7.57. The van der Waals surface area contributed by atoms with Crippen molar-refractivity contribution in [2.75, 3.05) is 19.8 Å². The fourth-order valence-corrected chi connectivity index (χ4v) is 4.08. The largest absolute Gasteiger partial charge is 0.464 e. The summed E-state index contributed by atoms with van der Waals surface area (Å²) in [6.07, 6.45) is 4.03. The molecule has 4 nitrogen and oxygen atoms in total. The Morgan fingerprint density at radius 3 is 2.59 bits per heavy atom. The van der Waals surface area contributed by atoms with Crippen molar-refractivity contribution in [1.82, 2.24) is 5.32 Å². The summed E-state index contributed by atoms with van der Waals surface area (Å²) in [5.74, 6) is 0.139. The van der Waals surface area contributed by atoms with Crippen LogP contribution in [0.1, 0.15) is 25.3 Å². The highest BCUT2D eigenvalue weighted by atomic mass is 16.5. The van der Waals surface area contributed by atoms with Crippen molar-refractivity contribution >= 4 is 16.9 Å². The molecule has 4 heteroatoms. The Balaban J connectivity index is 1.75. The van der Waals surface area contributed by atoms with Gasteiger partial charge in [-0.05, 0) is 43.4 Å². The van der Waals surface area contributed by atoms with Crippen LogP contribution in [0.5, 0.6) is 0 Å². The zero-order valence-electron chi connectivity index (χ0n) is 15.7. The van der Waals surface area contributed by atoms with Gasteiger partial charge in [0.2, 0.25) is 5.91 Å². The maximum absolute atomic E-state index is 12.9. The van der Waals surface area contributed by atoms with E-state index in [1.807, 2.05) is 43.5 Å². The van der Waals surface area contributed by atoms with Gasteiger partial charge in [0.25, 0.3) is 0 Å².